The van der Waals surface area contributed by atoms with Crippen LogP contribution in [-0.2, 0) is 38.8 Å². The normalized spacial score (nSPS) is 11.6. The van der Waals surface area contributed by atoms with E-state index in [0.717, 1.165) is 16.7 Å². The van der Waals surface area contributed by atoms with Crippen molar-refractivity contribution in [2.75, 3.05) is 0 Å². The van der Waals surface area contributed by atoms with Gasteiger partial charge in [-0.1, -0.05) is 97.1 Å². The summed E-state index contributed by atoms with van der Waals surface area (Å²) in [5, 5.41) is -0.154. The van der Waals surface area contributed by atoms with Crippen LogP contribution in [0.15, 0.2) is 120 Å². The number of ether oxygens (including phenoxy) is 1. The smallest absolute Gasteiger partial charge is 0.328 e. The molecule has 0 spiro atoms. The van der Waals surface area contributed by atoms with Crippen LogP contribution in [0.1, 0.15) is 16.7 Å². The topological polar surface area (TPSA) is 73.3 Å². The van der Waals surface area contributed by atoms with E-state index in [-0.39, 0.29) is 24.5 Å². The summed E-state index contributed by atoms with van der Waals surface area (Å²) >= 11 is 0. The van der Waals surface area contributed by atoms with Gasteiger partial charge in [-0.2, -0.15) is 0 Å². The van der Waals surface area contributed by atoms with E-state index in [9.17, 15) is 13.2 Å². The van der Waals surface area contributed by atoms with E-state index in [1.165, 1.54) is 12.3 Å². The fourth-order valence-corrected chi connectivity index (χ4v) is 5.77. The Balaban J connectivity index is 1.83. The summed E-state index contributed by atoms with van der Waals surface area (Å²) in [4.78, 5) is 17.9. The predicted octanol–water partition coefficient (Wildman–Crippen LogP) is 4.82. The van der Waals surface area contributed by atoms with Gasteiger partial charge in [0.25, 0.3) is 0 Å². The van der Waals surface area contributed by atoms with Crippen LogP contribution in [0.4, 0.5) is 0 Å². The Hall–Kier alpha value is -3.77. The third-order valence-electron chi connectivity index (χ3n) is 5.68. The zero-order chi connectivity index (χ0) is 23.9. The number of nitrogens with zero attached hydrogens (tertiary/aromatic N) is 1. The molecule has 0 aliphatic heterocycles. The highest BCUT2D eigenvalue weighted by molar-refractivity contribution is 7.93. The number of pyridine rings is 1. The molecule has 0 saturated carbocycles. The predicted molar refractivity (Wildman–Crippen MR) is 131 cm³/mol. The molecule has 4 rings (SSSR count). The maximum absolute atomic E-state index is 14.2. The monoisotopic (exact) mass is 471 g/mol. The van der Waals surface area contributed by atoms with Gasteiger partial charge in [-0.05, 0) is 28.8 Å². The third kappa shape index (κ3) is 5.07. The number of benzene rings is 3. The lowest BCUT2D eigenvalue weighted by atomic mass is 9.91. The quantitative estimate of drug-likeness (QED) is 0.327. The largest absolute Gasteiger partial charge is 0.460 e. The van der Waals surface area contributed by atoms with Crippen LogP contribution >= 0.6 is 0 Å². The molecule has 0 bridgehead atoms. The van der Waals surface area contributed by atoms with Gasteiger partial charge < -0.3 is 4.74 Å². The number of esters is 1. The van der Waals surface area contributed by atoms with Crippen LogP contribution in [0.5, 0.6) is 0 Å². The van der Waals surface area contributed by atoms with Gasteiger partial charge in [0, 0.05) is 19.0 Å². The van der Waals surface area contributed by atoms with Crippen molar-refractivity contribution in [1.29, 1.82) is 0 Å². The van der Waals surface area contributed by atoms with E-state index in [1.807, 2.05) is 91.0 Å². The van der Waals surface area contributed by atoms with Gasteiger partial charge in [-0.15, -0.1) is 0 Å². The first kappa shape index (κ1) is 23.4. The van der Waals surface area contributed by atoms with Gasteiger partial charge in [0.05, 0.1) is 0 Å². The first-order valence-corrected chi connectivity index (χ1v) is 12.4. The number of rotatable bonds is 9. The molecule has 5 nitrogen and oxygen atoms in total. The standard InChI is InChI=1S/C28H25NO4S/c30-27(33-22-25-16-8-3-9-17-25)28(20-23-12-4-1-5-13-23,21-24-14-6-2-7-15-24)34(31,32)26-18-10-11-19-29-26/h1-19H,20-22H2. The number of hydrogen-bond acceptors (Lipinski definition) is 5. The number of carbonyl (C=O) groups is 1. The molecule has 0 aliphatic carbocycles. The van der Waals surface area contributed by atoms with Crippen LogP contribution < -0.4 is 0 Å². The molecule has 0 saturated heterocycles. The van der Waals surface area contributed by atoms with Crippen molar-refractivity contribution in [1.82, 2.24) is 4.98 Å². The summed E-state index contributed by atoms with van der Waals surface area (Å²) in [6.45, 7) is -0.0251. The second-order valence-corrected chi connectivity index (χ2v) is 10.3. The molecule has 6 heteroatoms. The van der Waals surface area contributed by atoms with Crippen LogP contribution in [0.2, 0.25) is 0 Å². The summed E-state index contributed by atoms with van der Waals surface area (Å²) in [7, 11) is -4.25. The van der Waals surface area contributed by atoms with E-state index in [0.29, 0.717) is 0 Å². The fourth-order valence-electron chi connectivity index (χ4n) is 3.92. The van der Waals surface area contributed by atoms with Crippen molar-refractivity contribution in [2.45, 2.75) is 29.2 Å². The lowest BCUT2D eigenvalue weighted by molar-refractivity contribution is -0.148. The van der Waals surface area contributed by atoms with Crippen molar-refractivity contribution < 1.29 is 17.9 Å². The molecule has 34 heavy (non-hydrogen) atoms. The van der Waals surface area contributed by atoms with E-state index in [4.69, 9.17) is 4.74 Å². The SMILES string of the molecule is O=C(OCc1ccccc1)C(Cc1ccccc1)(Cc1ccccc1)S(=O)(=O)c1ccccn1. The van der Waals surface area contributed by atoms with Crippen LogP contribution in [0.25, 0.3) is 0 Å². The van der Waals surface area contributed by atoms with Crippen LogP contribution in [0, 0.1) is 0 Å². The highest BCUT2D eigenvalue weighted by Gasteiger charge is 2.53. The number of sulfone groups is 1. The summed E-state index contributed by atoms with van der Waals surface area (Å²) < 4.78 is 32.1. The van der Waals surface area contributed by atoms with Gasteiger partial charge >= 0.3 is 5.97 Å². The van der Waals surface area contributed by atoms with E-state index >= 15 is 0 Å². The number of carbonyl (C=O) groups excluding carboxylic acids is 1. The molecule has 4 aromatic rings. The summed E-state index contributed by atoms with van der Waals surface area (Å²) in [6.07, 6.45) is 1.32. The van der Waals surface area contributed by atoms with E-state index in [2.05, 4.69) is 4.98 Å². The second-order valence-electron chi connectivity index (χ2n) is 8.05. The molecule has 0 aliphatic rings. The maximum Gasteiger partial charge on any atom is 0.328 e. The van der Waals surface area contributed by atoms with Crippen molar-refractivity contribution in [2.24, 2.45) is 0 Å². The molecule has 0 radical (unpaired) electrons. The van der Waals surface area contributed by atoms with Gasteiger partial charge in [0.15, 0.2) is 9.77 Å². The third-order valence-corrected chi connectivity index (χ3v) is 7.95. The maximum atomic E-state index is 14.2. The highest BCUT2D eigenvalue weighted by Crippen LogP contribution is 2.34. The molecule has 172 valence electrons. The fraction of sp³-hybridized carbons (Fsp3) is 0.143. The lowest BCUT2D eigenvalue weighted by Gasteiger charge is -2.31. The number of hydrogen-bond donors (Lipinski definition) is 0. The molecule has 1 aromatic heterocycles. The van der Waals surface area contributed by atoms with E-state index in [1.54, 1.807) is 12.1 Å². The summed E-state index contributed by atoms with van der Waals surface area (Å²) in [5.74, 6) is -0.797. The molecular weight excluding hydrogens is 446 g/mol. The van der Waals surface area contributed by atoms with Crippen molar-refractivity contribution >= 4 is 15.8 Å². The molecule has 0 fully saturated rings. The number of aromatic nitrogens is 1. The summed E-state index contributed by atoms with van der Waals surface area (Å²) in [6, 6.07) is 32.1. The Bertz CT molecular complexity index is 1270. The second kappa shape index (κ2) is 10.4. The zero-order valence-electron chi connectivity index (χ0n) is 18.6. The van der Waals surface area contributed by atoms with Crippen LogP contribution in [0.3, 0.4) is 0 Å². The minimum atomic E-state index is -4.25. The molecule has 0 N–H and O–H groups in total. The molecule has 0 atom stereocenters. The first-order chi connectivity index (χ1) is 16.5. The van der Waals surface area contributed by atoms with Crippen molar-refractivity contribution in [3.63, 3.8) is 0 Å². The Labute approximate surface area is 200 Å². The molecule has 0 amide bonds. The Morgan fingerprint density at radius 2 is 1.15 bits per heavy atom. The minimum absolute atomic E-state index is 0.0251. The zero-order valence-corrected chi connectivity index (χ0v) is 19.4. The molecule has 3 aromatic carbocycles. The van der Waals surface area contributed by atoms with Crippen molar-refractivity contribution in [3.8, 4) is 0 Å². The average molecular weight is 472 g/mol. The van der Waals surface area contributed by atoms with Gasteiger partial charge in [0.1, 0.15) is 6.61 Å². The first-order valence-electron chi connectivity index (χ1n) is 11.0. The van der Waals surface area contributed by atoms with Crippen molar-refractivity contribution in [3.05, 3.63) is 132 Å². The minimum Gasteiger partial charge on any atom is -0.460 e. The lowest BCUT2D eigenvalue weighted by Crippen LogP contribution is -2.51. The van der Waals surface area contributed by atoms with Crippen LogP contribution in [-0.4, -0.2) is 24.1 Å². The Morgan fingerprint density at radius 1 is 0.676 bits per heavy atom. The van der Waals surface area contributed by atoms with Gasteiger partial charge in [0.2, 0.25) is 9.84 Å². The highest BCUT2D eigenvalue weighted by atomic mass is 32.2. The summed E-state index contributed by atoms with van der Waals surface area (Å²) in [5.41, 5.74) is 2.21. The van der Waals surface area contributed by atoms with Gasteiger partial charge in [-0.25, -0.2) is 13.4 Å². The van der Waals surface area contributed by atoms with E-state index < -0.39 is 20.6 Å². The Kier molecular flexibility index (Phi) is 7.18. The average Bonchev–Trinajstić information content (AvgIpc) is 2.89. The molecule has 0 unspecified atom stereocenters. The molecule has 1 heterocycles. The molecular formula is C28H25NO4S. The van der Waals surface area contributed by atoms with Gasteiger partial charge in [-0.3, -0.25) is 4.79 Å². The Morgan fingerprint density at radius 3 is 1.62 bits per heavy atom.